The average molecular weight is 368 g/mol. The lowest BCUT2D eigenvalue weighted by atomic mass is 9.73. The number of ketones is 1. The molecule has 4 nitrogen and oxygen atoms in total. The molecule has 1 aromatic heterocycles. The molecule has 0 radical (unpaired) electrons. The molecule has 2 heterocycles. The summed E-state index contributed by atoms with van der Waals surface area (Å²) >= 11 is 6.57. The van der Waals surface area contributed by atoms with Crippen LogP contribution in [0.15, 0.2) is 47.9 Å². The minimum absolute atomic E-state index is 0.0722. The predicted molar refractivity (Wildman–Crippen MR) is 105 cm³/mol. The molecule has 2 N–H and O–H groups in total. The Hall–Kier alpha value is -2.33. The Balaban J connectivity index is 1.91. The number of halogens is 1. The van der Waals surface area contributed by atoms with Crippen LogP contribution in [0.3, 0.4) is 0 Å². The number of anilines is 2. The zero-order chi connectivity index (χ0) is 18.5. The second-order valence-electron chi connectivity index (χ2n) is 7.98. The van der Waals surface area contributed by atoms with Gasteiger partial charge in [-0.3, -0.25) is 9.78 Å². The number of fused-ring (bicyclic) bond motifs is 1. The maximum atomic E-state index is 13.1. The number of benzene rings is 1. The Morgan fingerprint density at radius 3 is 2.77 bits per heavy atom. The first-order valence-electron chi connectivity index (χ1n) is 8.84. The van der Waals surface area contributed by atoms with Crippen LogP contribution in [0.4, 0.5) is 11.4 Å². The first kappa shape index (κ1) is 17.1. The lowest BCUT2D eigenvalue weighted by molar-refractivity contribution is -0.118. The summed E-state index contributed by atoms with van der Waals surface area (Å²) in [7, 11) is 0. The number of hydrogen-bond donors (Lipinski definition) is 2. The van der Waals surface area contributed by atoms with E-state index in [0.29, 0.717) is 11.4 Å². The highest BCUT2D eigenvalue weighted by atomic mass is 35.5. The summed E-state index contributed by atoms with van der Waals surface area (Å²) in [5.74, 6) is 0.165. The molecule has 5 heteroatoms. The van der Waals surface area contributed by atoms with Crippen LogP contribution in [0, 0.1) is 12.3 Å². The molecule has 0 fully saturated rings. The summed E-state index contributed by atoms with van der Waals surface area (Å²) in [6.45, 7) is 6.27. The van der Waals surface area contributed by atoms with Crippen molar-refractivity contribution in [3.05, 3.63) is 64.1 Å². The molecule has 2 aromatic rings. The first-order valence-corrected chi connectivity index (χ1v) is 9.22. The van der Waals surface area contributed by atoms with Crippen LogP contribution in [0.5, 0.6) is 0 Å². The maximum Gasteiger partial charge on any atom is 0.163 e. The minimum Gasteiger partial charge on any atom is -0.372 e. The van der Waals surface area contributed by atoms with E-state index in [0.717, 1.165) is 40.2 Å². The SMILES string of the molecule is Cc1ccc(C2Nc3ccncc3NC3=C2C(=O)CC(C)(C)C3)c(Cl)c1. The van der Waals surface area contributed by atoms with Gasteiger partial charge in [-0.15, -0.1) is 0 Å². The quantitative estimate of drug-likeness (QED) is 0.721. The van der Waals surface area contributed by atoms with E-state index in [-0.39, 0.29) is 17.2 Å². The molecule has 1 aliphatic carbocycles. The number of pyridine rings is 1. The van der Waals surface area contributed by atoms with Crippen molar-refractivity contribution in [3.63, 3.8) is 0 Å². The number of allylic oxidation sites excluding steroid dienone is 1. The van der Waals surface area contributed by atoms with Crippen molar-refractivity contribution in [2.45, 2.75) is 39.7 Å². The highest BCUT2D eigenvalue weighted by molar-refractivity contribution is 6.31. The van der Waals surface area contributed by atoms with Gasteiger partial charge < -0.3 is 10.6 Å². The van der Waals surface area contributed by atoms with Crippen molar-refractivity contribution in [2.75, 3.05) is 10.6 Å². The van der Waals surface area contributed by atoms with Crippen LogP contribution in [-0.2, 0) is 4.79 Å². The van der Waals surface area contributed by atoms with Gasteiger partial charge in [0.05, 0.1) is 23.6 Å². The lowest BCUT2D eigenvalue weighted by Crippen LogP contribution is -2.31. The Bertz CT molecular complexity index is 933. The molecule has 1 aromatic carbocycles. The molecule has 1 aliphatic heterocycles. The fourth-order valence-corrected chi connectivity index (χ4v) is 4.24. The second kappa shape index (κ2) is 6.13. The molecule has 2 aliphatic rings. The maximum absolute atomic E-state index is 13.1. The van der Waals surface area contributed by atoms with E-state index in [1.165, 1.54) is 0 Å². The summed E-state index contributed by atoms with van der Waals surface area (Å²) in [6.07, 6.45) is 4.88. The normalized spacial score (nSPS) is 21.2. The van der Waals surface area contributed by atoms with Gasteiger partial charge in [0.2, 0.25) is 0 Å². The molecule has 26 heavy (non-hydrogen) atoms. The van der Waals surface area contributed by atoms with Crippen LogP contribution < -0.4 is 10.6 Å². The topological polar surface area (TPSA) is 54.0 Å². The lowest BCUT2D eigenvalue weighted by Gasteiger charge is -2.34. The number of aryl methyl sites for hydroxylation is 1. The van der Waals surface area contributed by atoms with E-state index in [1.54, 1.807) is 12.4 Å². The summed E-state index contributed by atoms with van der Waals surface area (Å²) in [4.78, 5) is 17.3. The monoisotopic (exact) mass is 367 g/mol. The van der Waals surface area contributed by atoms with Gasteiger partial charge in [0.25, 0.3) is 0 Å². The van der Waals surface area contributed by atoms with Gasteiger partial charge in [-0.05, 0) is 42.0 Å². The Morgan fingerprint density at radius 1 is 1.19 bits per heavy atom. The van der Waals surface area contributed by atoms with Crippen molar-refractivity contribution in [2.24, 2.45) is 5.41 Å². The van der Waals surface area contributed by atoms with E-state index in [1.807, 2.05) is 31.2 Å². The molecular weight excluding hydrogens is 346 g/mol. The summed E-state index contributed by atoms with van der Waals surface area (Å²) in [6, 6.07) is 7.64. The van der Waals surface area contributed by atoms with Gasteiger partial charge >= 0.3 is 0 Å². The largest absolute Gasteiger partial charge is 0.372 e. The van der Waals surface area contributed by atoms with Crippen molar-refractivity contribution >= 4 is 28.8 Å². The average Bonchev–Trinajstić information content (AvgIpc) is 2.69. The van der Waals surface area contributed by atoms with E-state index < -0.39 is 0 Å². The van der Waals surface area contributed by atoms with Gasteiger partial charge in [-0.1, -0.05) is 37.6 Å². The van der Waals surface area contributed by atoms with Crippen LogP contribution >= 0.6 is 11.6 Å². The highest BCUT2D eigenvalue weighted by Gasteiger charge is 2.39. The van der Waals surface area contributed by atoms with Gasteiger partial charge in [0.15, 0.2) is 5.78 Å². The fourth-order valence-electron chi connectivity index (χ4n) is 3.89. The van der Waals surface area contributed by atoms with Crippen LogP contribution in [0.25, 0.3) is 0 Å². The summed E-state index contributed by atoms with van der Waals surface area (Å²) in [5, 5.41) is 7.67. The molecule has 0 saturated heterocycles. The van der Waals surface area contributed by atoms with Gasteiger partial charge in [0, 0.05) is 28.9 Å². The van der Waals surface area contributed by atoms with Crippen LogP contribution in [0.1, 0.15) is 43.9 Å². The molecule has 4 rings (SSSR count). The molecular formula is C21H22ClN3O. The number of aromatic nitrogens is 1. The second-order valence-corrected chi connectivity index (χ2v) is 8.39. The fraction of sp³-hybridized carbons (Fsp3) is 0.333. The van der Waals surface area contributed by atoms with Gasteiger partial charge in [0.1, 0.15) is 0 Å². The van der Waals surface area contributed by atoms with Crippen LogP contribution in [-0.4, -0.2) is 10.8 Å². The van der Waals surface area contributed by atoms with Crippen molar-refractivity contribution in [1.29, 1.82) is 0 Å². The van der Waals surface area contributed by atoms with Crippen molar-refractivity contribution in [1.82, 2.24) is 4.98 Å². The summed E-state index contributed by atoms with van der Waals surface area (Å²) < 4.78 is 0. The standard InChI is InChI=1S/C21H22ClN3O/c1-12-4-5-13(14(22)8-12)20-19-16(9-21(2,3)10-18(19)26)24-17-11-23-7-6-15(17)25-20/h4-8,11,20,24-25H,9-10H2,1-3H3. The number of carbonyl (C=O) groups is 1. The van der Waals surface area contributed by atoms with E-state index in [4.69, 9.17) is 11.6 Å². The van der Waals surface area contributed by atoms with E-state index >= 15 is 0 Å². The molecule has 134 valence electrons. The van der Waals surface area contributed by atoms with Gasteiger partial charge in [-0.25, -0.2) is 0 Å². The van der Waals surface area contributed by atoms with Gasteiger partial charge in [-0.2, -0.15) is 0 Å². The predicted octanol–water partition coefficient (Wildman–Crippen LogP) is 5.27. The Morgan fingerprint density at radius 2 is 2.00 bits per heavy atom. The smallest absolute Gasteiger partial charge is 0.163 e. The first-order chi connectivity index (χ1) is 12.3. The third-order valence-corrected chi connectivity index (χ3v) is 5.41. The van der Waals surface area contributed by atoms with Crippen molar-refractivity contribution < 1.29 is 4.79 Å². The minimum atomic E-state index is -0.280. The highest BCUT2D eigenvalue weighted by Crippen LogP contribution is 2.46. The molecule has 0 amide bonds. The number of carbonyl (C=O) groups excluding carboxylic acids is 1. The Labute approximate surface area is 158 Å². The molecule has 1 atom stereocenters. The molecule has 1 unspecified atom stereocenters. The van der Waals surface area contributed by atoms with E-state index in [2.05, 4.69) is 29.5 Å². The number of rotatable bonds is 1. The Kier molecular flexibility index (Phi) is 4.03. The number of Topliss-reactive ketones (excluding diaryl/α,β-unsaturated/α-hetero) is 1. The number of nitrogens with zero attached hydrogens (tertiary/aromatic N) is 1. The molecule has 0 saturated carbocycles. The van der Waals surface area contributed by atoms with Crippen molar-refractivity contribution in [3.8, 4) is 0 Å². The third-order valence-electron chi connectivity index (χ3n) is 5.08. The molecule has 0 bridgehead atoms. The molecule has 0 spiro atoms. The van der Waals surface area contributed by atoms with Crippen LogP contribution in [0.2, 0.25) is 5.02 Å². The number of hydrogen-bond acceptors (Lipinski definition) is 4. The zero-order valence-electron chi connectivity index (χ0n) is 15.2. The third kappa shape index (κ3) is 2.99. The van der Waals surface area contributed by atoms with E-state index in [9.17, 15) is 4.79 Å². The number of nitrogens with one attached hydrogen (secondary N) is 2. The summed E-state index contributed by atoms with van der Waals surface area (Å²) in [5.41, 5.74) is 5.50. The zero-order valence-corrected chi connectivity index (χ0v) is 15.9.